The Kier molecular flexibility index (Phi) is 10.7. The lowest BCUT2D eigenvalue weighted by atomic mass is 10.1. The summed E-state index contributed by atoms with van der Waals surface area (Å²) in [7, 11) is 4.35. The van der Waals surface area contributed by atoms with Gasteiger partial charge in [0.15, 0.2) is 11.5 Å². The molecule has 0 saturated heterocycles. The van der Waals surface area contributed by atoms with Crippen LogP contribution in [0, 0.1) is 11.3 Å². The second-order valence-electron chi connectivity index (χ2n) is 7.27. The molecule has 192 valence electrons. The molecule has 36 heavy (non-hydrogen) atoms. The third-order valence-electron chi connectivity index (χ3n) is 5.03. The first-order valence-corrected chi connectivity index (χ1v) is 11.9. The number of nitrogens with one attached hydrogen (secondary N) is 2. The Hall–Kier alpha value is -4.08. The standard InChI is InChI=1S/C24H30N6O5S/c1-33-20-10-9-17(21(34-2)22(20)35-3)23(31)28-11-12-30(27)14-18(26)24(32)29-19(13-25)15-5-7-16(36-4)8-6-15/h5-10,14,19H,11-12,26-27H2,1-4H3,(H,28,31)(H,29,32)/b18-14-. The molecule has 0 aliphatic rings. The molecule has 2 aromatic carbocycles. The van der Waals surface area contributed by atoms with Crippen LogP contribution in [-0.2, 0) is 4.79 Å². The molecule has 2 aromatic rings. The topological polar surface area (TPSA) is 165 Å². The third kappa shape index (κ3) is 7.21. The number of hydrogen-bond acceptors (Lipinski definition) is 10. The fraction of sp³-hybridized carbons (Fsp3) is 0.292. The minimum atomic E-state index is -0.873. The summed E-state index contributed by atoms with van der Waals surface area (Å²) in [5.74, 6) is 5.79. The molecule has 11 nitrogen and oxygen atoms in total. The van der Waals surface area contributed by atoms with Gasteiger partial charge in [0.2, 0.25) is 5.75 Å². The number of methoxy groups -OCH3 is 3. The first-order valence-electron chi connectivity index (χ1n) is 10.7. The molecule has 0 fully saturated rings. The van der Waals surface area contributed by atoms with Crippen LogP contribution in [0.2, 0.25) is 0 Å². The number of amides is 2. The van der Waals surface area contributed by atoms with Gasteiger partial charge in [-0.15, -0.1) is 11.8 Å². The summed E-state index contributed by atoms with van der Waals surface area (Å²) in [5.41, 5.74) is 6.55. The first-order chi connectivity index (χ1) is 17.3. The molecule has 0 bridgehead atoms. The van der Waals surface area contributed by atoms with E-state index in [4.69, 9.17) is 25.8 Å². The number of carbonyl (C=O) groups is 2. The van der Waals surface area contributed by atoms with Gasteiger partial charge in [-0.25, -0.2) is 5.84 Å². The number of benzene rings is 2. The van der Waals surface area contributed by atoms with Crippen molar-refractivity contribution >= 4 is 23.6 Å². The Bertz CT molecular complexity index is 1130. The highest BCUT2D eigenvalue weighted by Gasteiger charge is 2.20. The number of thioether (sulfide) groups is 1. The number of rotatable bonds is 12. The summed E-state index contributed by atoms with van der Waals surface area (Å²) in [4.78, 5) is 26.1. The highest BCUT2D eigenvalue weighted by atomic mass is 32.2. The summed E-state index contributed by atoms with van der Waals surface area (Å²) < 4.78 is 15.8. The fourth-order valence-electron chi connectivity index (χ4n) is 3.18. The summed E-state index contributed by atoms with van der Waals surface area (Å²) in [6, 6.07) is 11.6. The van der Waals surface area contributed by atoms with Crippen LogP contribution in [0.5, 0.6) is 17.2 Å². The van der Waals surface area contributed by atoms with Crippen molar-refractivity contribution in [2.45, 2.75) is 10.9 Å². The molecule has 6 N–H and O–H groups in total. The lowest BCUT2D eigenvalue weighted by Crippen LogP contribution is -2.38. The summed E-state index contributed by atoms with van der Waals surface area (Å²) in [6.07, 6.45) is 3.17. The van der Waals surface area contributed by atoms with Crippen LogP contribution in [-0.4, -0.2) is 57.5 Å². The Morgan fingerprint density at radius 1 is 1.11 bits per heavy atom. The highest BCUT2D eigenvalue weighted by molar-refractivity contribution is 7.98. The van der Waals surface area contributed by atoms with E-state index in [1.807, 2.05) is 24.5 Å². The Balaban J connectivity index is 1.95. The van der Waals surface area contributed by atoms with E-state index in [1.54, 1.807) is 36.0 Å². The van der Waals surface area contributed by atoms with Crippen LogP contribution >= 0.6 is 11.8 Å². The van der Waals surface area contributed by atoms with Gasteiger partial charge in [-0.2, -0.15) is 5.26 Å². The van der Waals surface area contributed by atoms with Crippen LogP contribution in [0.1, 0.15) is 22.0 Å². The van der Waals surface area contributed by atoms with Crippen molar-refractivity contribution in [3.05, 3.63) is 59.4 Å². The second kappa shape index (κ2) is 13.7. The monoisotopic (exact) mass is 514 g/mol. The normalized spacial score (nSPS) is 11.6. The van der Waals surface area contributed by atoms with E-state index >= 15 is 0 Å². The van der Waals surface area contributed by atoms with Crippen molar-refractivity contribution in [3.63, 3.8) is 0 Å². The number of nitriles is 1. The zero-order valence-electron chi connectivity index (χ0n) is 20.5. The number of ether oxygens (including phenoxy) is 3. The van der Waals surface area contributed by atoms with Crippen molar-refractivity contribution in [2.75, 3.05) is 40.7 Å². The smallest absolute Gasteiger partial charge is 0.270 e. The van der Waals surface area contributed by atoms with Gasteiger partial charge < -0.3 is 35.6 Å². The van der Waals surface area contributed by atoms with Crippen LogP contribution in [0.4, 0.5) is 0 Å². The van der Waals surface area contributed by atoms with E-state index < -0.39 is 17.9 Å². The number of hydrazine groups is 1. The number of nitrogens with zero attached hydrogens (tertiary/aromatic N) is 2. The lowest BCUT2D eigenvalue weighted by Gasteiger charge is -2.18. The average molecular weight is 515 g/mol. The van der Waals surface area contributed by atoms with E-state index in [9.17, 15) is 14.9 Å². The zero-order chi connectivity index (χ0) is 26.7. The maximum absolute atomic E-state index is 12.7. The Morgan fingerprint density at radius 3 is 2.33 bits per heavy atom. The average Bonchev–Trinajstić information content (AvgIpc) is 2.90. The molecule has 0 heterocycles. The van der Waals surface area contributed by atoms with Gasteiger partial charge in [0.05, 0.1) is 39.5 Å². The maximum Gasteiger partial charge on any atom is 0.270 e. The Labute approximate surface area is 214 Å². The molecule has 0 saturated carbocycles. The lowest BCUT2D eigenvalue weighted by molar-refractivity contribution is -0.118. The second-order valence-corrected chi connectivity index (χ2v) is 8.15. The molecule has 0 aromatic heterocycles. The number of hydrogen-bond donors (Lipinski definition) is 4. The van der Waals surface area contributed by atoms with Crippen molar-refractivity contribution in [1.82, 2.24) is 15.6 Å². The molecule has 0 radical (unpaired) electrons. The predicted molar refractivity (Wildman–Crippen MR) is 136 cm³/mol. The van der Waals surface area contributed by atoms with Gasteiger partial charge in [-0.05, 0) is 36.1 Å². The zero-order valence-corrected chi connectivity index (χ0v) is 21.3. The molecular formula is C24H30N6O5S. The molecule has 0 aliphatic carbocycles. The quantitative estimate of drug-likeness (QED) is 0.141. The predicted octanol–water partition coefficient (Wildman–Crippen LogP) is 1.52. The molecule has 0 spiro atoms. The molecule has 0 aliphatic heterocycles. The van der Waals surface area contributed by atoms with E-state index in [2.05, 4.69) is 10.6 Å². The van der Waals surface area contributed by atoms with Crippen molar-refractivity contribution in [1.29, 1.82) is 5.26 Å². The van der Waals surface area contributed by atoms with Crippen LogP contribution in [0.15, 0.2) is 53.2 Å². The minimum Gasteiger partial charge on any atom is -0.493 e. The van der Waals surface area contributed by atoms with E-state index in [0.717, 1.165) is 9.90 Å². The molecule has 1 atom stereocenters. The number of nitrogens with two attached hydrogens (primary N) is 2. The SMILES string of the molecule is COc1ccc(C(=O)NCCN(N)/C=C(\N)C(=O)NC(C#N)c2ccc(SC)cc2)c(OC)c1OC. The van der Waals surface area contributed by atoms with Gasteiger partial charge >= 0.3 is 0 Å². The van der Waals surface area contributed by atoms with E-state index in [0.29, 0.717) is 17.1 Å². The van der Waals surface area contributed by atoms with E-state index in [1.165, 1.54) is 27.5 Å². The van der Waals surface area contributed by atoms with Gasteiger partial charge in [0.25, 0.3) is 11.8 Å². The molecule has 1 unspecified atom stereocenters. The summed E-state index contributed by atoms with van der Waals surface area (Å²) in [6.45, 7) is 0.286. The van der Waals surface area contributed by atoms with Crippen LogP contribution in [0.25, 0.3) is 0 Å². The van der Waals surface area contributed by atoms with E-state index in [-0.39, 0.29) is 30.1 Å². The first kappa shape index (κ1) is 28.2. The van der Waals surface area contributed by atoms with Crippen molar-refractivity contribution in [3.8, 4) is 23.3 Å². The summed E-state index contributed by atoms with van der Waals surface area (Å²) >= 11 is 1.57. The van der Waals surface area contributed by atoms with Gasteiger partial charge in [0.1, 0.15) is 11.7 Å². The molecular weight excluding hydrogens is 484 g/mol. The third-order valence-corrected chi connectivity index (χ3v) is 5.77. The van der Waals surface area contributed by atoms with Crippen molar-refractivity contribution in [2.24, 2.45) is 11.6 Å². The van der Waals surface area contributed by atoms with Crippen LogP contribution < -0.4 is 36.4 Å². The molecule has 2 amide bonds. The van der Waals surface area contributed by atoms with Gasteiger partial charge in [-0.3, -0.25) is 9.59 Å². The van der Waals surface area contributed by atoms with Gasteiger partial charge in [0, 0.05) is 17.6 Å². The molecule has 2 rings (SSSR count). The van der Waals surface area contributed by atoms with Crippen molar-refractivity contribution < 1.29 is 23.8 Å². The van der Waals surface area contributed by atoms with Crippen LogP contribution in [0.3, 0.4) is 0 Å². The largest absolute Gasteiger partial charge is 0.493 e. The Morgan fingerprint density at radius 2 is 1.78 bits per heavy atom. The minimum absolute atomic E-state index is 0.140. The maximum atomic E-state index is 12.7. The number of carbonyl (C=O) groups excluding carboxylic acids is 2. The molecule has 12 heteroatoms. The van der Waals surface area contributed by atoms with Gasteiger partial charge in [-0.1, -0.05) is 12.1 Å². The highest BCUT2D eigenvalue weighted by Crippen LogP contribution is 2.39. The summed E-state index contributed by atoms with van der Waals surface area (Å²) in [5, 5.41) is 15.9. The fourth-order valence-corrected chi connectivity index (χ4v) is 3.58.